The van der Waals surface area contributed by atoms with E-state index in [9.17, 15) is 9.59 Å². The largest absolute Gasteiger partial charge is 0.481 e. The molecule has 0 atom stereocenters. The molecule has 0 unspecified atom stereocenters. The van der Waals surface area contributed by atoms with Gasteiger partial charge in [-0.25, -0.2) is 0 Å². The highest BCUT2D eigenvalue weighted by Crippen LogP contribution is 2.14. The number of ether oxygens (including phenoxy) is 1. The smallest absolute Gasteiger partial charge is 0.311 e. The van der Waals surface area contributed by atoms with Gasteiger partial charge < -0.3 is 9.84 Å². The average molecular weight is 320 g/mol. The van der Waals surface area contributed by atoms with Crippen LogP contribution in [0, 0.1) is 3.57 Å². The molecule has 1 aromatic rings. The van der Waals surface area contributed by atoms with E-state index in [1.54, 1.807) is 24.3 Å². The standard InChI is InChI=1S/C10H9IO4/c11-7-1-3-8(4-2-7)15-10(14)6-5-9(12)13/h1-4H,5-6H2,(H,12,13). The van der Waals surface area contributed by atoms with Crippen molar-refractivity contribution < 1.29 is 19.4 Å². The minimum Gasteiger partial charge on any atom is -0.481 e. The van der Waals surface area contributed by atoms with Gasteiger partial charge in [-0.1, -0.05) is 0 Å². The number of carboxylic acid groups (broad SMARTS) is 1. The molecule has 1 aromatic carbocycles. The summed E-state index contributed by atoms with van der Waals surface area (Å²) in [5, 5.41) is 8.36. The summed E-state index contributed by atoms with van der Waals surface area (Å²) in [5.74, 6) is -1.10. The van der Waals surface area contributed by atoms with Crippen LogP contribution in [0.1, 0.15) is 12.8 Å². The van der Waals surface area contributed by atoms with Gasteiger partial charge in [0.25, 0.3) is 0 Å². The van der Waals surface area contributed by atoms with Crippen LogP contribution in [0.25, 0.3) is 0 Å². The van der Waals surface area contributed by atoms with E-state index in [2.05, 4.69) is 22.6 Å². The molecule has 0 radical (unpaired) electrons. The summed E-state index contributed by atoms with van der Waals surface area (Å²) in [5.41, 5.74) is 0. The fourth-order valence-corrected chi connectivity index (χ4v) is 1.25. The van der Waals surface area contributed by atoms with Gasteiger partial charge in [0.05, 0.1) is 12.8 Å². The van der Waals surface area contributed by atoms with Crippen LogP contribution in [0.3, 0.4) is 0 Å². The quantitative estimate of drug-likeness (QED) is 0.524. The zero-order valence-corrected chi connectivity index (χ0v) is 9.93. The molecular formula is C10H9IO4. The van der Waals surface area contributed by atoms with Crippen molar-refractivity contribution in [3.8, 4) is 5.75 Å². The average Bonchev–Trinajstić information content (AvgIpc) is 2.19. The summed E-state index contributed by atoms with van der Waals surface area (Å²) in [4.78, 5) is 21.3. The molecule has 0 saturated carbocycles. The molecule has 5 heteroatoms. The number of hydrogen-bond acceptors (Lipinski definition) is 3. The number of halogens is 1. The Morgan fingerprint density at radius 3 is 2.33 bits per heavy atom. The first-order valence-corrected chi connectivity index (χ1v) is 5.34. The molecular weight excluding hydrogens is 311 g/mol. The third-order valence-electron chi connectivity index (χ3n) is 1.59. The number of carbonyl (C=O) groups is 2. The second-order valence-electron chi connectivity index (χ2n) is 2.82. The van der Waals surface area contributed by atoms with Gasteiger partial charge in [0.15, 0.2) is 0 Å². The van der Waals surface area contributed by atoms with Crippen LogP contribution in [0.15, 0.2) is 24.3 Å². The van der Waals surface area contributed by atoms with Gasteiger partial charge >= 0.3 is 11.9 Å². The molecule has 0 aliphatic rings. The minimum absolute atomic E-state index is 0.110. The normalized spacial score (nSPS) is 9.67. The lowest BCUT2D eigenvalue weighted by molar-refractivity contribution is -0.142. The van der Waals surface area contributed by atoms with Crippen molar-refractivity contribution in [2.24, 2.45) is 0 Å². The number of carboxylic acids is 1. The van der Waals surface area contributed by atoms with Crippen LogP contribution in [-0.2, 0) is 9.59 Å². The Kier molecular flexibility index (Phi) is 4.54. The van der Waals surface area contributed by atoms with Crippen LogP contribution < -0.4 is 4.74 Å². The van der Waals surface area contributed by atoms with E-state index in [-0.39, 0.29) is 12.8 Å². The number of aliphatic carboxylic acids is 1. The van der Waals surface area contributed by atoms with Crippen molar-refractivity contribution in [3.63, 3.8) is 0 Å². The summed E-state index contributed by atoms with van der Waals surface area (Å²) >= 11 is 2.14. The third kappa shape index (κ3) is 4.78. The molecule has 15 heavy (non-hydrogen) atoms. The minimum atomic E-state index is -1.01. The lowest BCUT2D eigenvalue weighted by atomic mass is 10.3. The molecule has 0 amide bonds. The number of rotatable bonds is 4. The van der Waals surface area contributed by atoms with Gasteiger partial charge in [0.2, 0.25) is 0 Å². The molecule has 0 spiro atoms. The van der Waals surface area contributed by atoms with Crippen molar-refractivity contribution in [2.45, 2.75) is 12.8 Å². The molecule has 80 valence electrons. The highest BCUT2D eigenvalue weighted by molar-refractivity contribution is 14.1. The van der Waals surface area contributed by atoms with Gasteiger partial charge in [0.1, 0.15) is 5.75 Å². The van der Waals surface area contributed by atoms with E-state index in [1.165, 1.54) is 0 Å². The molecule has 4 nitrogen and oxygen atoms in total. The lowest BCUT2D eigenvalue weighted by Gasteiger charge is -2.02. The van der Waals surface area contributed by atoms with Gasteiger partial charge in [-0.3, -0.25) is 9.59 Å². The van der Waals surface area contributed by atoms with Crippen LogP contribution in [-0.4, -0.2) is 17.0 Å². The number of esters is 1. The van der Waals surface area contributed by atoms with Gasteiger partial charge in [-0.05, 0) is 46.9 Å². The Bertz CT molecular complexity index is 358. The SMILES string of the molecule is O=C(O)CCC(=O)Oc1ccc(I)cc1. The van der Waals surface area contributed by atoms with Gasteiger partial charge in [0, 0.05) is 3.57 Å². The molecule has 1 rings (SSSR count). The highest BCUT2D eigenvalue weighted by atomic mass is 127. The topological polar surface area (TPSA) is 63.6 Å². The third-order valence-corrected chi connectivity index (χ3v) is 2.31. The molecule has 0 bridgehead atoms. The lowest BCUT2D eigenvalue weighted by Crippen LogP contribution is -2.10. The monoisotopic (exact) mass is 320 g/mol. The zero-order chi connectivity index (χ0) is 11.3. The van der Waals surface area contributed by atoms with Crippen molar-refractivity contribution in [3.05, 3.63) is 27.8 Å². The van der Waals surface area contributed by atoms with E-state index < -0.39 is 11.9 Å². The highest BCUT2D eigenvalue weighted by Gasteiger charge is 2.07. The van der Waals surface area contributed by atoms with Crippen molar-refractivity contribution in [2.75, 3.05) is 0 Å². The fraction of sp³-hybridized carbons (Fsp3) is 0.200. The first-order chi connectivity index (χ1) is 7.08. The van der Waals surface area contributed by atoms with Crippen LogP contribution in [0.4, 0.5) is 0 Å². The summed E-state index contributed by atoms with van der Waals surface area (Å²) in [7, 11) is 0. The zero-order valence-electron chi connectivity index (χ0n) is 7.77. The molecule has 0 aliphatic carbocycles. The summed E-state index contributed by atoms with van der Waals surface area (Å²) in [6.45, 7) is 0. The molecule has 0 fully saturated rings. The van der Waals surface area contributed by atoms with Crippen molar-refractivity contribution >= 4 is 34.5 Å². The number of hydrogen-bond donors (Lipinski definition) is 1. The Morgan fingerprint density at radius 1 is 1.20 bits per heavy atom. The maximum absolute atomic E-state index is 11.1. The van der Waals surface area contributed by atoms with Gasteiger partial charge in [-0.2, -0.15) is 0 Å². The summed E-state index contributed by atoms with van der Waals surface area (Å²) in [6.07, 6.45) is -0.315. The van der Waals surface area contributed by atoms with E-state index in [1.807, 2.05) is 0 Å². The Labute approximate surface area is 100 Å². The first-order valence-electron chi connectivity index (χ1n) is 4.26. The van der Waals surface area contributed by atoms with E-state index >= 15 is 0 Å². The maximum atomic E-state index is 11.1. The summed E-state index contributed by atoms with van der Waals surface area (Å²) in [6, 6.07) is 6.95. The first kappa shape index (κ1) is 12.0. The van der Waals surface area contributed by atoms with Crippen molar-refractivity contribution in [1.29, 1.82) is 0 Å². The molecule has 0 aliphatic heterocycles. The van der Waals surface area contributed by atoms with Crippen LogP contribution in [0.5, 0.6) is 5.75 Å². The summed E-state index contributed by atoms with van der Waals surface area (Å²) < 4.78 is 5.95. The predicted octanol–water partition coefficient (Wildman–Crippen LogP) is 2.06. The van der Waals surface area contributed by atoms with Gasteiger partial charge in [-0.15, -0.1) is 0 Å². The Hall–Kier alpha value is -1.11. The maximum Gasteiger partial charge on any atom is 0.311 e. The number of carbonyl (C=O) groups excluding carboxylic acids is 1. The van der Waals surface area contributed by atoms with E-state index in [0.29, 0.717) is 5.75 Å². The molecule has 1 N–H and O–H groups in total. The second-order valence-corrected chi connectivity index (χ2v) is 4.07. The van der Waals surface area contributed by atoms with E-state index in [4.69, 9.17) is 9.84 Å². The van der Waals surface area contributed by atoms with Crippen LogP contribution in [0.2, 0.25) is 0 Å². The molecule has 0 aromatic heterocycles. The fourth-order valence-electron chi connectivity index (χ4n) is 0.894. The van der Waals surface area contributed by atoms with Crippen LogP contribution >= 0.6 is 22.6 Å². The second kappa shape index (κ2) is 5.69. The molecule has 0 heterocycles. The Morgan fingerprint density at radius 2 is 1.80 bits per heavy atom. The number of benzene rings is 1. The molecule has 0 saturated heterocycles. The van der Waals surface area contributed by atoms with E-state index in [0.717, 1.165) is 3.57 Å². The Balaban J connectivity index is 2.44. The van der Waals surface area contributed by atoms with Crippen molar-refractivity contribution in [1.82, 2.24) is 0 Å². The predicted molar refractivity (Wildman–Crippen MR) is 61.7 cm³/mol.